The Hall–Kier alpha value is -3.22. The Morgan fingerprint density at radius 1 is 1.00 bits per heavy atom. The highest BCUT2D eigenvalue weighted by molar-refractivity contribution is 6.35. The Balaban J connectivity index is 1.51. The van der Waals surface area contributed by atoms with E-state index < -0.39 is 11.8 Å². The fourth-order valence-electron chi connectivity index (χ4n) is 3.08. The molecule has 1 aliphatic rings. The van der Waals surface area contributed by atoms with Gasteiger partial charge >= 0.3 is 11.8 Å². The maximum absolute atomic E-state index is 13.0. The third-order valence-corrected chi connectivity index (χ3v) is 4.59. The molecule has 2 aromatic rings. The molecule has 7 heteroatoms. The molecule has 6 nitrogen and oxygen atoms in total. The fraction of sp³-hybridized carbons (Fsp3) is 0.286. The number of rotatable bonds is 6. The first-order chi connectivity index (χ1) is 13.4. The molecule has 0 spiro atoms. The van der Waals surface area contributed by atoms with Crippen LogP contribution in [0.25, 0.3) is 0 Å². The fourth-order valence-corrected chi connectivity index (χ4v) is 3.08. The summed E-state index contributed by atoms with van der Waals surface area (Å²) in [6, 6.07) is 13.6. The van der Waals surface area contributed by atoms with Gasteiger partial charge in [-0.25, -0.2) is 4.39 Å². The van der Waals surface area contributed by atoms with E-state index in [1.54, 1.807) is 12.1 Å². The lowest BCUT2D eigenvalue weighted by molar-refractivity contribution is -0.157. The molecule has 1 heterocycles. The van der Waals surface area contributed by atoms with Crippen molar-refractivity contribution in [2.45, 2.75) is 20.0 Å². The molecular weight excluding hydrogens is 361 g/mol. The van der Waals surface area contributed by atoms with Gasteiger partial charge in [-0.1, -0.05) is 42.0 Å². The number of aryl methyl sites for hydroxylation is 1. The molecule has 0 atom stereocenters. The quantitative estimate of drug-likeness (QED) is 0.771. The Morgan fingerprint density at radius 2 is 1.68 bits per heavy atom. The van der Waals surface area contributed by atoms with E-state index in [1.165, 1.54) is 21.9 Å². The van der Waals surface area contributed by atoms with Gasteiger partial charge in [0.05, 0.1) is 0 Å². The number of carbonyl (C=O) groups is 3. The predicted octanol–water partition coefficient (Wildman–Crippen LogP) is 1.62. The van der Waals surface area contributed by atoms with E-state index in [9.17, 15) is 18.8 Å². The number of halogens is 1. The minimum absolute atomic E-state index is 0.152. The molecule has 3 rings (SSSR count). The lowest BCUT2D eigenvalue weighted by atomic mass is 10.1. The molecule has 0 aliphatic carbocycles. The lowest BCUT2D eigenvalue weighted by Crippen LogP contribution is -2.55. The van der Waals surface area contributed by atoms with Crippen LogP contribution in [0.2, 0.25) is 0 Å². The second-order valence-electron chi connectivity index (χ2n) is 6.85. The summed E-state index contributed by atoms with van der Waals surface area (Å²) < 4.78 is 13.0. The monoisotopic (exact) mass is 383 g/mol. The van der Waals surface area contributed by atoms with Crippen LogP contribution in [0.5, 0.6) is 0 Å². The van der Waals surface area contributed by atoms with E-state index >= 15 is 0 Å². The molecule has 0 unspecified atom stereocenters. The number of piperazine rings is 1. The summed E-state index contributed by atoms with van der Waals surface area (Å²) in [4.78, 5) is 39.5. The number of nitrogens with zero attached hydrogens (tertiary/aromatic N) is 2. The standard InChI is InChI=1S/C21H22FN3O3/c1-15-3-2-4-17(11-15)12-23-19(26)14-25-10-9-24(20(27)21(25)28)13-16-5-7-18(22)8-6-16/h2-8,11H,9-10,12-14H2,1H3,(H,23,26). The molecule has 28 heavy (non-hydrogen) atoms. The summed E-state index contributed by atoms with van der Waals surface area (Å²) in [7, 11) is 0. The first kappa shape index (κ1) is 19.5. The molecule has 1 fully saturated rings. The number of hydrogen-bond acceptors (Lipinski definition) is 3. The second kappa shape index (κ2) is 8.65. The molecule has 0 aromatic heterocycles. The van der Waals surface area contributed by atoms with Gasteiger partial charge in [0.2, 0.25) is 5.91 Å². The van der Waals surface area contributed by atoms with Crippen molar-refractivity contribution in [3.63, 3.8) is 0 Å². The van der Waals surface area contributed by atoms with Crippen LogP contribution in [0.4, 0.5) is 4.39 Å². The van der Waals surface area contributed by atoms with Gasteiger partial charge in [-0.2, -0.15) is 0 Å². The van der Waals surface area contributed by atoms with E-state index in [-0.39, 0.29) is 31.4 Å². The third-order valence-electron chi connectivity index (χ3n) is 4.59. The van der Waals surface area contributed by atoms with Crippen molar-refractivity contribution in [1.29, 1.82) is 0 Å². The topological polar surface area (TPSA) is 69.7 Å². The van der Waals surface area contributed by atoms with Crippen LogP contribution in [0.1, 0.15) is 16.7 Å². The summed E-state index contributed by atoms with van der Waals surface area (Å²) in [5.74, 6) is -2.01. The zero-order valence-electron chi connectivity index (χ0n) is 15.7. The average Bonchev–Trinajstić information content (AvgIpc) is 2.68. The number of amides is 3. The van der Waals surface area contributed by atoms with Crippen molar-refractivity contribution in [2.75, 3.05) is 19.6 Å². The number of hydrogen-bond donors (Lipinski definition) is 1. The van der Waals surface area contributed by atoms with Crippen LogP contribution in [0.15, 0.2) is 48.5 Å². The van der Waals surface area contributed by atoms with Crippen molar-refractivity contribution in [2.24, 2.45) is 0 Å². The number of nitrogens with one attached hydrogen (secondary N) is 1. The van der Waals surface area contributed by atoms with Gasteiger partial charge in [0.15, 0.2) is 0 Å². The highest BCUT2D eigenvalue weighted by Crippen LogP contribution is 2.11. The number of benzene rings is 2. The van der Waals surface area contributed by atoms with Gasteiger partial charge < -0.3 is 15.1 Å². The normalized spacial score (nSPS) is 14.4. The maximum Gasteiger partial charge on any atom is 0.312 e. The van der Waals surface area contributed by atoms with E-state index in [2.05, 4.69) is 5.32 Å². The number of carbonyl (C=O) groups excluding carboxylic acids is 3. The minimum atomic E-state index is -0.695. The van der Waals surface area contributed by atoms with Crippen LogP contribution in [-0.4, -0.2) is 47.2 Å². The second-order valence-corrected chi connectivity index (χ2v) is 6.85. The zero-order valence-corrected chi connectivity index (χ0v) is 15.7. The SMILES string of the molecule is Cc1cccc(CNC(=O)CN2CCN(Cc3ccc(F)cc3)C(=O)C2=O)c1. The Morgan fingerprint density at radius 3 is 2.39 bits per heavy atom. The molecular formula is C21H22FN3O3. The molecule has 0 radical (unpaired) electrons. The summed E-state index contributed by atoms with van der Waals surface area (Å²) >= 11 is 0. The molecule has 2 aromatic carbocycles. The third kappa shape index (κ3) is 4.94. The first-order valence-corrected chi connectivity index (χ1v) is 9.07. The predicted molar refractivity (Wildman–Crippen MR) is 101 cm³/mol. The van der Waals surface area contributed by atoms with E-state index in [4.69, 9.17) is 0 Å². The molecule has 1 saturated heterocycles. The lowest BCUT2D eigenvalue weighted by Gasteiger charge is -2.33. The van der Waals surface area contributed by atoms with Crippen molar-refractivity contribution in [3.8, 4) is 0 Å². The zero-order chi connectivity index (χ0) is 20.1. The maximum atomic E-state index is 13.0. The largest absolute Gasteiger partial charge is 0.350 e. The van der Waals surface area contributed by atoms with Crippen molar-refractivity contribution < 1.29 is 18.8 Å². The summed E-state index contributed by atoms with van der Waals surface area (Å²) in [6.45, 7) is 3.03. The van der Waals surface area contributed by atoms with Gasteiger partial charge in [-0.15, -0.1) is 0 Å². The van der Waals surface area contributed by atoms with E-state index in [0.29, 0.717) is 13.1 Å². The molecule has 0 saturated carbocycles. The molecule has 0 bridgehead atoms. The summed E-state index contributed by atoms with van der Waals surface area (Å²) in [5.41, 5.74) is 2.82. The van der Waals surface area contributed by atoms with Crippen molar-refractivity contribution >= 4 is 17.7 Å². The van der Waals surface area contributed by atoms with Crippen molar-refractivity contribution in [1.82, 2.24) is 15.1 Å². The smallest absolute Gasteiger partial charge is 0.312 e. The van der Waals surface area contributed by atoms with Gasteiger partial charge in [0, 0.05) is 26.2 Å². The molecule has 146 valence electrons. The minimum Gasteiger partial charge on any atom is -0.350 e. The van der Waals surface area contributed by atoms with Gasteiger partial charge in [-0.3, -0.25) is 14.4 Å². The van der Waals surface area contributed by atoms with E-state index in [0.717, 1.165) is 16.7 Å². The molecule has 1 N–H and O–H groups in total. The van der Waals surface area contributed by atoms with Gasteiger partial charge in [-0.05, 0) is 30.2 Å². The Bertz CT molecular complexity index is 883. The highest BCUT2D eigenvalue weighted by Gasteiger charge is 2.33. The molecule has 1 aliphatic heterocycles. The van der Waals surface area contributed by atoms with Crippen LogP contribution >= 0.6 is 0 Å². The van der Waals surface area contributed by atoms with E-state index in [1.807, 2.05) is 31.2 Å². The summed E-state index contributed by atoms with van der Waals surface area (Å²) in [6.07, 6.45) is 0. The van der Waals surface area contributed by atoms with Crippen LogP contribution in [0.3, 0.4) is 0 Å². The summed E-state index contributed by atoms with van der Waals surface area (Å²) in [5, 5.41) is 2.77. The van der Waals surface area contributed by atoms with Crippen LogP contribution in [0, 0.1) is 12.7 Å². The molecule has 3 amide bonds. The Kier molecular flexibility index (Phi) is 6.03. The van der Waals surface area contributed by atoms with Gasteiger partial charge in [0.1, 0.15) is 12.4 Å². The van der Waals surface area contributed by atoms with Crippen LogP contribution in [-0.2, 0) is 27.5 Å². The van der Waals surface area contributed by atoms with Crippen LogP contribution < -0.4 is 5.32 Å². The average molecular weight is 383 g/mol. The highest BCUT2D eigenvalue weighted by atomic mass is 19.1. The Labute approximate surface area is 162 Å². The first-order valence-electron chi connectivity index (χ1n) is 9.07. The van der Waals surface area contributed by atoms with Gasteiger partial charge in [0.25, 0.3) is 0 Å². The van der Waals surface area contributed by atoms with Crippen molar-refractivity contribution in [3.05, 3.63) is 71.0 Å².